The summed E-state index contributed by atoms with van der Waals surface area (Å²) in [6.45, 7) is 38.2. The second-order valence-corrected chi connectivity index (χ2v) is 34.4. The number of hydrogen-bond donors (Lipinski definition) is 0. The Kier molecular flexibility index (Phi) is 15.5. The topological polar surface area (TPSA) is 44.8 Å². The normalized spacial score (nSPS) is 23.8. The third-order valence-corrected chi connectivity index (χ3v) is 26.8. The number of rotatable bonds is 18. The van der Waals surface area contributed by atoms with Crippen LogP contribution in [0.25, 0.3) is 0 Å². The quantitative estimate of drug-likeness (QED) is 0.0803. The molecule has 7 heteroatoms. The molecule has 48 heavy (non-hydrogen) atoms. The lowest BCUT2D eigenvalue weighted by Crippen LogP contribution is -2.51. The van der Waals surface area contributed by atoms with E-state index in [2.05, 4.69) is 133 Å². The Morgan fingerprint density at radius 1 is 0.812 bits per heavy atom. The van der Waals surface area contributed by atoms with Crippen LogP contribution in [0.4, 0.5) is 0 Å². The van der Waals surface area contributed by atoms with E-state index < -0.39 is 25.0 Å². The van der Waals surface area contributed by atoms with Gasteiger partial charge in [0.25, 0.3) is 0 Å². The number of allylic oxidation sites excluding steroid dienone is 2. The van der Waals surface area contributed by atoms with Crippen LogP contribution < -0.4 is 0 Å². The van der Waals surface area contributed by atoms with Gasteiger partial charge in [0, 0.05) is 24.9 Å². The summed E-state index contributed by atoms with van der Waals surface area (Å²) in [6.07, 6.45) is 21.4. The molecular formula is C41H80O4Si3. The summed E-state index contributed by atoms with van der Waals surface area (Å²) in [5.74, 6) is 0.477. The van der Waals surface area contributed by atoms with Crippen LogP contribution in [0.15, 0.2) is 24.3 Å². The molecule has 4 nitrogen and oxygen atoms in total. The van der Waals surface area contributed by atoms with Crippen LogP contribution in [0.5, 0.6) is 0 Å². The number of carbonyl (C=O) groups is 1. The minimum atomic E-state index is -2.04. The highest BCUT2D eigenvalue weighted by atomic mass is 28.4. The molecule has 280 valence electrons. The molecule has 0 spiro atoms. The van der Waals surface area contributed by atoms with E-state index in [0.29, 0.717) is 17.6 Å². The average molecular weight is 721 g/mol. The van der Waals surface area contributed by atoms with E-state index in [9.17, 15) is 4.79 Å². The maximum absolute atomic E-state index is 13.6. The Hall–Kier alpha value is -0.319. The van der Waals surface area contributed by atoms with Crippen molar-refractivity contribution in [3.63, 3.8) is 0 Å². The summed E-state index contributed by atoms with van der Waals surface area (Å²) in [5, 5.41) is 0.543. The van der Waals surface area contributed by atoms with Crippen molar-refractivity contribution >= 4 is 30.7 Å². The van der Waals surface area contributed by atoms with Gasteiger partial charge in [-0.2, -0.15) is 0 Å². The predicted molar refractivity (Wildman–Crippen MR) is 216 cm³/mol. The molecule has 0 N–H and O–H groups in total. The second-order valence-electron chi connectivity index (χ2n) is 20.1. The highest BCUT2D eigenvalue weighted by Gasteiger charge is 2.49. The van der Waals surface area contributed by atoms with Gasteiger partial charge in [0.15, 0.2) is 25.0 Å². The summed E-state index contributed by atoms with van der Waals surface area (Å²) in [5.41, 5.74) is 0.301. The molecule has 0 heterocycles. The first-order chi connectivity index (χ1) is 21.8. The van der Waals surface area contributed by atoms with Crippen LogP contribution >= 0.6 is 0 Å². The van der Waals surface area contributed by atoms with Crippen molar-refractivity contribution < 1.29 is 18.1 Å². The molecule has 1 unspecified atom stereocenters. The third kappa shape index (κ3) is 11.6. The van der Waals surface area contributed by atoms with Crippen LogP contribution in [0.2, 0.25) is 54.4 Å². The molecule has 2 saturated carbocycles. The van der Waals surface area contributed by atoms with Crippen molar-refractivity contribution in [3.8, 4) is 0 Å². The van der Waals surface area contributed by atoms with Crippen LogP contribution in [-0.2, 0) is 18.1 Å². The molecule has 2 rings (SSSR count). The Bertz CT molecular complexity index is 1070. The lowest BCUT2D eigenvalue weighted by molar-refractivity contribution is -0.121. The molecule has 0 aromatic carbocycles. The number of carbonyl (C=O) groups excluding carboxylic acids is 1. The standard InChI is InChI=1S/C41H80O4Si3/c1-17-28-41(29-24-30-41)37(45-48(15,16)40(8,9)10)27-23-26-34-33(35(42)32-36(34)44-47(13,14)39(5,6)7)25-21-19-18-20-22-31-43-46(11,12)38(2,3)4/h19,21,23,26,33-34,36-37H,17-18,20,22,24-25,27-32H2,1-16H3/b21-19-,26-23+/t33-,34-,36-,37?/m1/s1. The first-order valence-corrected chi connectivity index (χ1v) is 28.4. The molecule has 2 fully saturated rings. The van der Waals surface area contributed by atoms with Crippen molar-refractivity contribution in [2.24, 2.45) is 17.3 Å². The molecule has 4 atom stereocenters. The zero-order chi connectivity index (χ0) is 36.8. The molecule has 2 aliphatic carbocycles. The van der Waals surface area contributed by atoms with Gasteiger partial charge >= 0.3 is 0 Å². The van der Waals surface area contributed by atoms with Gasteiger partial charge in [-0.3, -0.25) is 4.79 Å². The van der Waals surface area contributed by atoms with E-state index in [-0.39, 0.29) is 39.2 Å². The van der Waals surface area contributed by atoms with Crippen LogP contribution in [0.1, 0.15) is 140 Å². The van der Waals surface area contributed by atoms with Gasteiger partial charge in [0.2, 0.25) is 0 Å². The number of unbranched alkanes of at least 4 members (excludes halogenated alkanes) is 2. The van der Waals surface area contributed by atoms with Gasteiger partial charge in [0.05, 0.1) is 12.2 Å². The Labute approximate surface area is 302 Å². The van der Waals surface area contributed by atoms with Crippen molar-refractivity contribution in [1.82, 2.24) is 0 Å². The molecule has 0 saturated heterocycles. The van der Waals surface area contributed by atoms with Crippen LogP contribution in [0, 0.1) is 17.3 Å². The summed E-state index contributed by atoms with van der Waals surface area (Å²) in [4.78, 5) is 13.6. The van der Waals surface area contributed by atoms with E-state index in [1.807, 2.05) is 0 Å². The molecule has 0 amide bonds. The smallest absolute Gasteiger partial charge is 0.192 e. The Balaban J connectivity index is 2.21. The van der Waals surface area contributed by atoms with Crippen molar-refractivity contribution in [3.05, 3.63) is 24.3 Å². The fourth-order valence-corrected chi connectivity index (χ4v) is 10.5. The van der Waals surface area contributed by atoms with Crippen molar-refractivity contribution in [2.75, 3.05) is 6.61 Å². The third-order valence-electron chi connectivity index (χ3n) is 13.3. The molecular weight excluding hydrogens is 641 g/mol. The Morgan fingerprint density at radius 2 is 1.40 bits per heavy atom. The zero-order valence-electron chi connectivity index (χ0n) is 34.7. The molecule has 0 aliphatic heterocycles. The zero-order valence-corrected chi connectivity index (χ0v) is 37.7. The molecule has 0 aromatic heterocycles. The second kappa shape index (κ2) is 17.0. The summed E-state index contributed by atoms with van der Waals surface area (Å²) < 4.78 is 20.7. The maximum Gasteiger partial charge on any atom is 0.192 e. The van der Waals surface area contributed by atoms with Crippen molar-refractivity contribution in [2.45, 2.75) is 206 Å². The van der Waals surface area contributed by atoms with Gasteiger partial charge in [-0.25, -0.2) is 0 Å². The lowest BCUT2D eigenvalue weighted by atomic mass is 9.62. The monoisotopic (exact) mass is 721 g/mol. The maximum atomic E-state index is 13.6. The average Bonchev–Trinajstić information content (AvgIpc) is 3.17. The van der Waals surface area contributed by atoms with E-state index in [1.54, 1.807) is 0 Å². The molecule has 0 radical (unpaired) electrons. The fraction of sp³-hybridized carbons (Fsp3) is 0.878. The van der Waals surface area contributed by atoms with Gasteiger partial charge < -0.3 is 13.3 Å². The van der Waals surface area contributed by atoms with Gasteiger partial charge in [-0.05, 0) is 111 Å². The van der Waals surface area contributed by atoms with E-state index >= 15 is 0 Å². The summed E-state index contributed by atoms with van der Waals surface area (Å²) >= 11 is 0. The van der Waals surface area contributed by atoms with E-state index in [4.69, 9.17) is 13.3 Å². The Morgan fingerprint density at radius 3 is 1.90 bits per heavy atom. The minimum Gasteiger partial charge on any atom is -0.417 e. The van der Waals surface area contributed by atoms with E-state index in [1.165, 1.54) is 32.1 Å². The first-order valence-electron chi connectivity index (χ1n) is 19.6. The molecule has 0 aromatic rings. The van der Waals surface area contributed by atoms with E-state index in [0.717, 1.165) is 38.7 Å². The molecule has 2 aliphatic rings. The largest absolute Gasteiger partial charge is 0.417 e. The first kappa shape index (κ1) is 43.8. The number of hydrogen-bond acceptors (Lipinski definition) is 4. The van der Waals surface area contributed by atoms with Crippen molar-refractivity contribution in [1.29, 1.82) is 0 Å². The SMILES string of the molecule is CCCC1(C(C/C=C/[C@H]2[C@H](O[Si](C)(C)C(C)(C)C)CC(=O)[C@@H]2C/C=C\CCCCO[Si](C)(C)C(C)(C)C)O[Si](C)(C)C(C)(C)C)CCC1. The van der Waals surface area contributed by atoms with Gasteiger partial charge in [-0.15, -0.1) is 0 Å². The van der Waals surface area contributed by atoms with Crippen LogP contribution in [-0.4, -0.2) is 49.6 Å². The number of ketones is 1. The van der Waals surface area contributed by atoms with Crippen LogP contribution in [0.3, 0.4) is 0 Å². The molecule has 0 bridgehead atoms. The summed E-state index contributed by atoms with van der Waals surface area (Å²) in [6, 6.07) is 0. The highest BCUT2D eigenvalue weighted by molar-refractivity contribution is 6.75. The lowest BCUT2D eigenvalue weighted by Gasteiger charge is -2.51. The number of Topliss-reactive ketones (excluding diaryl/α,β-unsaturated/α-hetero) is 1. The van der Waals surface area contributed by atoms with Gasteiger partial charge in [0.1, 0.15) is 5.78 Å². The fourth-order valence-electron chi connectivity index (χ4n) is 6.63. The van der Waals surface area contributed by atoms with Gasteiger partial charge in [-0.1, -0.05) is 106 Å². The minimum absolute atomic E-state index is 0.0118. The highest BCUT2D eigenvalue weighted by Crippen LogP contribution is 2.52. The summed E-state index contributed by atoms with van der Waals surface area (Å²) in [7, 11) is -5.65. The predicted octanol–water partition coefficient (Wildman–Crippen LogP) is 13.0.